The third-order valence-corrected chi connectivity index (χ3v) is 5.32. The van der Waals surface area contributed by atoms with Crippen LogP contribution in [0.5, 0.6) is 0 Å². The molecular formula is C22H22FN5O2. The quantitative estimate of drug-likeness (QED) is 0.622. The lowest BCUT2D eigenvalue weighted by Crippen LogP contribution is -2.48. The van der Waals surface area contributed by atoms with Gasteiger partial charge in [0.05, 0.1) is 11.9 Å². The van der Waals surface area contributed by atoms with Gasteiger partial charge in [0, 0.05) is 37.4 Å². The van der Waals surface area contributed by atoms with Crippen LogP contribution in [0.25, 0.3) is 5.69 Å². The molecule has 1 aliphatic rings. The predicted molar refractivity (Wildman–Crippen MR) is 111 cm³/mol. The van der Waals surface area contributed by atoms with Gasteiger partial charge in [-0.05, 0) is 61.9 Å². The van der Waals surface area contributed by atoms with Crippen LogP contribution in [0.4, 0.5) is 10.1 Å². The van der Waals surface area contributed by atoms with E-state index in [1.807, 2.05) is 24.3 Å². The monoisotopic (exact) mass is 407 g/mol. The molecule has 2 aromatic carbocycles. The van der Waals surface area contributed by atoms with Gasteiger partial charge in [-0.3, -0.25) is 9.59 Å². The van der Waals surface area contributed by atoms with Crippen molar-refractivity contribution in [3.05, 3.63) is 71.3 Å². The van der Waals surface area contributed by atoms with Gasteiger partial charge in [-0.2, -0.15) is 0 Å². The van der Waals surface area contributed by atoms with Crippen molar-refractivity contribution in [1.29, 1.82) is 0 Å². The third kappa shape index (κ3) is 3.94. The zero-order valence-electron chi connectivity index (χ0n) is 16.9. The SMILES string of the molecule is CC(=O)c1ccc(N2CCN(C(=O)c3cn(-c4ccc(F)c(C)c4)nn3)CC2)cc1. The Morgan fingerprint density at radius 2 is 1.63 bits per heavy atom. The second-order valence-electron chi connectivity index (χ2n) is 7.36. The second-order valence-corrected chi connectivity index (χ2v) is 7.36. The minimum absolute atomic E-state index is 0.0424. The number of benzene rings is 2. The number of carbonyl (C=O) groups is 2. The van der Waals surface area contributed by atoms with Crippen molar-refractivity contribution < 1.29 is 14.0 Å². The molecule has 0 bridgehead atoms. The highest BCUT2D eigenvalue weighted by atomic mass is 19.1. The topological polar surface area (TPSA) is 71.3 Å². The molecule has 0 atom stereocenters. The molecule has 1 saturated heterocycles. The molecule has 3 aromatic rings. The summed E-state index contributed by atoms with van der Waals surface area (Å²) in [7, 11) is 0. The van der Waals surface area contributed by atoms with Crippen molar-refractivity contribution in [3.8, 4) is 5.69 Å². The molecule has 7 nitrogen and oxygen atoms in total. The first kappa shape index (κ1) is 19.8. The van der Waals surface area contributed by atoms with E-state index in [0.29, 0.717) is 43.0 Å². The molecule has 8 heteroatoms. The van der Waals surface area contributed by atoms with Crippen molar-refractivity contribution in [2.75, 3.05) is 31.1 Å². The molecule has 1 aliphatic heterocycles. The van der Waals surface area contributed by atoms with Gasteiger partial charge in [0.2, 0.25) is 0 Å². The molecule has 1 fully saturated rings. The lowest BCUT2D eigenvalue weighted by Gasteiger charge is -2.35. The molecular weight excluding hydrogens is 385 g/mol. The third-order valence-electron chi connectivity index (χ3n) is 5.32. The number of aromatic nitrogens is 3. The number of ketones is 1. The smallest absolute Gasteiger partial charge is 0.276 e. The fourth-order valence-corrected chi connectivity index (χ4v) is 3.50. The van der Waals surface area contributed by atoms with Gasteiger partial charge in [0.15, 0.2) is 11.5 Å². The van der Waals surface area contributed by atoms with Crippen LogP contribution in [-0.4, -0.2) is 57.8 Å². The van der Waals surface area contributed by atoms with Gasteiger partial charge in [0.1, 0.15) is 5.82 Å². The zero-order valence-corrected chi connectivity index (χ0v) is 16.9. The lowest BCUT2D eigenvalue weighted by molar-refractivity contribution is 0.0740. The summed E-state index contributed by atoms with van der Waals surface area (Å²) in [6, 6.07) is 12.1. The largest absolute Gasteiger partial charge is 0.368 e. The van der Waals surface area contributed by atoms with Gasteiger partial charge in [-0.15, -0.1) is 5.10 Å². The molecule has 154 valence electrons. The van der Waals surface area contributed by atoms with Crippen molar-refractivity contribution in [3.63, 3.8) is 0 Å². The van der Waals surface area contributed by atoms with Gasteiger partial charge < -0.3 is 9.80 Å². The Labute approximate surface area is 173 Å². The molecule has 1 amide bonds. The Morgan fingerprint density at radius 3 is 2.27 bits per heavy atom. The van der Waals surface area contributed by atoms with E-state index >= 15 is 0 Å². The van der Waals surface area contributed by atoms with Crippen LogP contribution in [0.1, 0.15) is 33.3 Å². The minimum Gasteiger partial charge on any atom is -0.368 e. The molecule has 30 heavy (non-hydrogen) atoms. The maximum absolute atomic E-state index is 13.5. The van der Waals surface area contributed by atoms with E-state index in [4.69, 9.17) is 0 Å². The number of nitrogens with zero attached hydrogens (tertiary/aromatic N) is 5. The standard InChI is InChI=1S/C22H22FN5O2/c1-15-13-19(7-8-20(15)23)28-14-21(24-25-28)22(30)27-11-9-26(10-12-27)18-5-3-17(4-6-18)16(2)29/h3-8,13-14H,9-12H2,1-2H3. The molecule has 0 radical (unpaired) electrons. The molecule has 0 N–H and O–H groups in total. The first-order chi connectivity index (χ1) is 14.4. The molecule has 0 aliphatic carbocycles. The van der Waals surface area contributed by atoms with E-state index in [1.165, 1.54) is 10.7 Å². The first-order valence-electron chi connectivity index (χ1n) is 9.76. The van der Waals surface area contributed by atoms with Crippen LogP contribution < -0.4 is 4.90 Å². The predicted octanol–water partition coefficient (Wildman–Crippen LogP) is 2.88. The Kier molecular flexibility index (Phi) is 5.31. The number of halogens is 1. The fraction of sp³-hybridized carbons (Fsp3) is 0.273. The number of amides is 1. The Balaban J connectivity index is 1.40. The molecule has 4 rings (SSSR count). The van der Waals surface area contributed by atoms with Crippen LogP contribution in [0.15, 0.2) is 48.7 Å². The molecule has 1 aromatic heterocycles. The van der Waals surface area contributed by atoms with Gasteiger partial charge in [-0.25, -0.2) is 9.07 Å². The van der Waals surface area contributed by atoms with E-state index in [-0.39, 0.29) is 23.2 Å². The Hall–Kier alpha value is -3.55. The first-order valence-corrected chi connectivity index (χ1v) is 9.76. The minimum atomic E-state index is -0.288. The normalized spacial score (nSPS) is 14.1. The van der Waals surface area contributed by atoms with Gasteiger partial charge in [-0.1, -0.05) is 5.21 Å². The fourth-order valence-electron chi connectivity index (χ4n) is 3.50. The Morgan fingerprint density at radius 1 is 0.967 bits per heavy atom. The number of anilines is 1. The molecule has 0 saturated carbocycles. The lowest BCUT2D eigenvalue weighted by atomic mass is 10.1. The summed E-state index contributed by atoms with van der Waals surface area (Å²) in [6.07, 6.45) is 1.57. The van der Waals surface area contributed by atoms with Crippen molar-refractivity contribution in [1.82, 2.24) is 19.9 Å². The average Bonchev–Trinajstić information content (AvgIpc) is 3.25. The summed E-state index contributed by atoms with van der Waals surface area (Å²) in [4.78, 5) is 28.2. The maximum Gasteiger partial charge on any atom is 0.276 e. The number of piperazine rings is 1. The van der Waals surface area contributed by atoms with Crippen LogP contribution in [-0.2, 0) is 0 Å². The summed E-state index contributed by atoms with van der Waals surface area (Å²) in [5.74, 6) is -0.420. The number of rotatable bonds is 4. The van der Waals surface area contributed by atoms with Crippen LogP contribution in [0, 0.1) is 12.7 Å². The van der Waals surface area contributed by atoms with E-state index < -0.39 is 0 Å². The number of hydrogen-bond donors (Lipinski definition) is 0. The van der Waals surface area contributed by atoms with E-state index in [1.54, 1.807) is 37.1 Å². The average molecular weight is 407 g/mol. The second kappa shape index (κ2) is 8.06. The molecule has 0 spiro atoms. The molecule has 0 unspecified atom stereocenters. The van der Waals surface area contributed by atoms with E-state index in [2.05, 4.69) is 15.2 Å². The van der Waals surface area contributed by atoms with Crippen LogP contribution in [0.3, 0.4) is 0 Å². The van der Waals surface area contributed by atoms with Crippen molar-refractivity contribution in [2.45, 2.75) is 13.8 Å². The number of hydrogen-bond acceptors (Lipinski definition) is 5. The zero-order chi connectivity index (χ0) is 21.3. The number of carbonyl (C=O) groups excluding carboxylic acids is 2. The summed E-state index contributed by atoms with van der Waals surface area (Å²) in [5.41, 5.74) is 3.13. The molecule has 2 heterocycles. The van der Waals surface area contributed by atoms with Crippen LogP contribution >= 0.6 is 0 Å². The van der Waals surface area contributed by atoms with Crippen molar-refractivity contribution >= 4 is 17.4 Å². The van der Waals surface area contributed by atoms with E-state index in [0.717, 1.165) is 5.69 Å². The van der Waals surface area contributed by atoms with Crippen molar-refractivity contribution in [2.24, 2.45) is 0 Å². The van der Waals surface area contributed by atoms with Gasteiger partial charge >= 0.3 is 0 Å². The van der Waals surface area contributed by atoms with Gasteiger partial charge in [0.25, 0.3) is 5.91 Å². The highest BCUT2D eigenvalue weighted by Gasteiger charge is 2.24. The van der Waals surface area contributed by atoms with Crippen LogP contribution in [0.2, 0.25) is 0 Å². The summed E-state index contributed by atoms with van der Waals surface area (Å²) >= 11 is 0. The van der Waals surface area contributed by atoms with E-state index in [9.17, 15) is 14.0 Å². The number of Topliss-reactive ketones (excluding diaryl/α,β-unsaturated/α-hetero) is 1. The summed E-state index contributed by atoms with van der Waals surface area (Å²) in [6.45, 7) is 5.74. The summed E-state index contributed by atoms with van der Waals surface area (Å²) in [5, 5.41) is 8.02. The Bertz CT molecular complexity index is 1090. The number of aryl methyl sites for hydroxylation is 1. The summed E-state index contributed by atoms with van der Waals surface area (Å²) < 4.78 is 15.0. The maximum atomic E-state index is 13.5. The highest BCUT2D eigenvalue weighted by molar-refractivity contribution is 5.94. The highest BCUT2D eigenvalue weighted by Crippen LogP contribution is 2.19.